The third-order valence-corrected chi connectivity index (χ3v) is 2.28. The number of nitrogens with zero attached hydrogens (tertiary/aromatic N) is 2. The molecule has 2 aromatic rings. The van der Waals surface area contributed by atoms with E-state index in [0.29, 0.717) is 0 Å². The van der Waals surface area contributed by atoms with Gasteiger partial charge in [0, 0.05) is 7.05 Å². The van der Waals surface area contributed by atoms with Gasteiger partial charge < -0.3 is 4.74 Å². The molecule has 136 valence electrons. The summed E-state index contributed by atoms with van der Waals surface area (Å²) in [4.78, 5) is 11.8. The Morgan fingerprint density at radius 3 is 1.36 bits per heavy atom. The highest BCUT2D eigenvalue weighted by atomic mass is 16.5. The fraction of sp³-hybridized carbons (Fsp3) is 0.333. The van der Waals surface area contributed by atoms with Crippen LogP contribution in [0.3, 0.4) is 0 Å². The first kappa shape index (κ1) is 27.0. The van der Waals surface area contributed by atoms with Crippen LogP contribution in [0.4, 0.5) is 0 Å². The summed E-state index contributed by atoms with van der Waals surface area (Å²) in [6.07, 6.45) is 3.77. The van der Waals surface area contributed by atoms with Gasteiger partial charge in [-0.2, -0.15) is 5.26 Å². The van der Waals surface area contributed by atoms with Crippen molar-refractivity contribution in [2.45, 2.75) is 34.1 Å². The van der Waals surface area contributed by atoms with E-state index >= 15 is 0 Å². The van der Waals surface area contributed by atoms with E-state index in [4.69, 9.17) is 10.1 Å². The van der Waals surface area contributed by atoms with Crippen LogP contribution in [0, 0.1) is 11.5 Å². The average molecular weight is 342 g/mol. The molecule has 0 atom stereocenters. The van der Waals surface area contributed by atoms with Crippen molar-refractivity contribution in [1.29, 1.82) is 5.26 Å². The molecule has 25 heavy (non-hydrogen) atoms. The average Bonchev–Trinajstić information content (AvgIpc) is 2.73. The number of benzene rings is 2. The Balaban J connectivity index is -0.000000339. The highest BCUT2D eigenvalue weighted by Crippen LogP contribution is 2.07. The van der Waals surface area contributed by atoms with Crippen LogP contribution in [0.15, 0.2) is 65.7 Å². The van der Waals surface area contributed by atoms with E-state index in [1.54, 1.807) is 0 Å². The standard InChI is InChI=1S/C13H12.2C2H3NO.2C2H6/c1-3-7-12(8-4-1)11-13-9-5-2-6-10-13;1-4-2-3;1-3-2-4;2*1-2/h1-10H,11H2;2*1H3;2*1-2H3. The molecule has 0 fully saturated rings. The van der Waals surface area contributed by atoms with Crippen molar-refractivity contribution in [1.82, 2.24) is 0 Å². The summed E-state index contributed by atoms with van der Waals surface area (Å²) in [5.41, 5.74) is 2.74. The molecule has 0 saturated carbocycles. The van der Waals surface area contributed by atoms with Crippen molar-refractivity contribution < 1.29 is 9.53 Å². The van der Waals surface area contributed by atoms with Crippen molar-refractivity contribution in [3.8, 4) is 6.26 Å². The van der Waals surface area contributed by atoms with Crippen LogP contribution in [0.1, 0.15) is 38.8 Å². The van der Waals surface area contributed by atoms with Crippen LogP contribution in [0.5, 0.6) is 0 Å². The van der Waals surface area contributed by atoms with Gasteiger partial charge >= 0.3 is 0 Å². The molecule has 0 aromatic heterocycles. The van der Waals surface area contributed by atoms with Crippen molar-refractivity contribution in [3.63, 3.8) is 0 Å². The third-order valence-electron chi connectivity index (χ3n) is 2.28. The van der Waals surface area contributed by atoms with E-state index < -0.39 is 0 Å². The van der Waals surface area contributed by atoms with Gasteiger partial charge in [0.15, 0.2) is 0 Å². The Hall–Kier alpha value is -2.89. The lowest BCUT2D eigenvalue weighted by atomic mass is 10.1. The summed E-state index contributed by atoms with van der Waals surface area (Å²) in [5.74, 6) is 0. The van der Waals surface area contributed by atoms with E-state index in [1.807, 2.05) is 27.7 Å². The molecule has 0 N–H and O–H groups in total. The van der Waals surface area contributed by atoms with Crippen molar-refractivity contribution >= 4 is 6.08 Å². The Bertz CT molecular complexity index is 520. The quantitative estimate of drug-likeness (QED) is 0.417. The molecule has 0 aliphatic carbocycles. The fourth-order valence-electron chi connectivity index (χ4n) is 1.43. The van der Waals surface area contributed by atoms with E-state index in [-0.39, 0.29) is 0 Å². The molecule has 0 radical (unpaired) electrons. The van der Waals surface area contributed by atoms with Gasteiger partial charge in [-0.05, 0) is 17.5 Å². The predicted octanol–water partition coefficient (Wildman–Crippen LogP) is 5.40. The van der Waals surface area contributed by atoms with Crippen LogP contribution >= 0.6 is 0 Å². The van der Waals surface area contributed by atoms with E-state index in [0.717, 1.165) is 6.42 Å². The number of hydrogen-bond acceptors (Lipinski definition) is 4. The molecular formula is C21H30N2O2. The Morgan fingerprint density at radius 1 is 0.880 bits per heavy atom. The Kier molecular flexibility index (Phi) is 28.1. The number of nitriles is 1. The Morgan fingerprint density at radius 2 is 1.16 bits per heavy atom. The number of methoxy groups -OCH3 is 1. The normalized spacial score (nSPS) is 6.92. The largest absolute Gasteiger partial charge is 0.431 e. The second-order valence-corrected chi connectivity index (χ2v) is 3.76. The van der Waals surface area contributed by atoms with Crippen molar-refractivity contribution in [3.05, 3.63) is 71.8 Å². The molecule has 4 heteroatoms. The molecular weight excluding hydrogens is 312 g/mol. The van der Waals surface area contributed by atoms with Crippen LogP contribution in [0.25, 0.3) is 0 Å². The summed E-state index contributed by atoms with van der Waals surface area (Å²) in [5, 5.41) is 7.40. The zero-order valence-corrected chi connectivity index (χ0v) is 16.2. The first-order chi connectivity index (χ1) is 12.3. The highest BCUT2D eigenvalue weighted by Gasteiger charge is 1.92. The van der Waals surface area contributed by atoms with Gasteiger partial charge in [0.2, 0.25) is 6.08 Å². The van der Waals surface area contributed by atoms with Gasteiger partial charge in [-0.3, -0.25) is 0 Å². The minimum absolute atomic E-state index is 1.03. The summed E-state index contributed by atoms with van der Waals surface area (Å²) < 4.78 is 3.85. The summed E-state index contributed by atoms with van der Waals surface area (Å²) in [6, 6.07) is 21.1. The maximum Gasteiger partial charge on any atom is 0.286 e. The second-order valence-electron chi connectivity index (χ2n) is 3.76. The monoisotopic (exact) mass is 342 g/mol. The zero-order valence-electron chi connectivity index (χ0n) is 16.2. The zero-order chi connectivity index (χ0) is 19.8. The molecule has 0 amide bonds. The molecule has 4 nitrogen and oxygen atoms in total. The molecule has 0 spiro atoms. The summed E-state index contributed by atoms with van der Waals surface area (Å²) in [7, 11) is 2.70. The molecule has 0 heterocycles. The van der Waals surface area contributed by atoms with E-state index in [9.17, 15) is 0 Å². The van der Waals surface area contributed by atoms with Crippen LogP contribution in [-0.2, 0) is 16.0 Å². The van der Waals surface area contributed by atoms with E-state index in [2.05, 4.69) is 70.4 Å². The summed E-state index contributed by atoms with van der Waals surface area (Å²) in [6.45, 7) is 8.00. The lowest BCUT2D eigenvalue weighted by Crippen LogP contribution is -1.85. The van der Waals surface area contributed by atoms with Crippen molar-refractivity contribution in [2.75, 3.05) is 14.2 Å². The molecule has 0 aliphatic heterocycles. The fourth-order valence-corrected chi connectivity index (χ4v) is 1.43. The topological polar surface area (TPSA) is 62.4 Å². The van der Waals surface area contributed by atoms with E-state index in [1.165, 1.54) is 37.6 Å². The van der Waals surface area contributed by atoms with Gasteiger partial charge in [-0.1, -0.05) is 88.4 Å². The lowest BCUT2D eigenvalue weighted by molar-refractivity contribution is 0.362. The first-order valence-electron chi connectivity index (χ1n) is 8.24. The Labute approximate surface area is 152 Å². The number of rotatable bonds is 2. The van der Waals surface area contributed by atoms with Crippen molar-refractivity contribution in [2.24, 2.45) is 4.99 Å². The van der Waals surface area contributed by atoms with Gasteiger partial charge in [0.1, 0.15) is 0 Å². The molecule has 0 bridgehead atoms. The number of aliphatic imine (C=N–C) groups is 1. The first-order valence-corrected chi connectivity index (χ1v) is 8.24. The van der Waals surface area contributed by atoms with Crippen LogP contribution < -0.4 is 0 Å². The van der Waals surface area contributed by atoms with Gasteiger partial charge in [0.25, 0.3) is 6.26 Å². The van der Waals surface area contributed by atoms with Crippen LogP contribution in [-0.4, -0.2) is 20.2 Å². The van der Waals surface area contributed by atoms with Gasteiger partial charge in [-0.15, -0.1) is 0 Å². The lowest BCUT2D eigenvalue weighted by Gasteiger charge is -2.00. The predicted molar refractivity (Wildman–Crippen MR) is 105 cm³/mol. The van der Waals surface area contributed by atoms with Gasteiger partial charge in [-0.25, -0.2) is 9.79 Å². The maximum absolute atomic E-state index is 8.88. The summed E-state index contributed by atoms with van der Waals surface area (Å²) >= 11 is 0. The molecule has 0 unspecified atom stereocenters. The third kappa shape index (κ3) is 21.1. The highest BCUT2D eigenvalue weighted by molar-refractivity contribution is 5.32. The number of carbonyl (C=O) groups excluding carboxylic acids is 1. The molecule has 0 aliphatic rings. The molecule has 2 aromatic carbocycles. The minimum atomic E-state index is 1.03. The maximum atomic E-state index is 8.88. The minimum Gasteiger partial charge on any atom is -0.431 e. The molecule has 0 saturated heterocycles. The molecule has 2 rings (SSSR count). The smallest absolute Gasteiger partial charge is 0.286 e. The van der Waals surface area contributed by atoms with Gasteiger partial charge in [0.05, 0.1) is 7.11 Å². The number of ether oxygens (including phenoxy) is 1. The number of hydrogen-bond donors (Lipinski definition) is 0. The van der Waals surface area contributed by atoms with Crippen LogP contribution in [0.2, 0.25) is 0 Å². The SMILES string of the molecule is CC.CC.CN=C=O.COC#N.c1ccc(Cc2ccccc2)cc1. The number of isocyanates is 1. The second kappa shape index (κ2) is 26.0.